The van der Waals surface area contributed by atoms with Crippen molar-refractivity contribution >= 4 is 16.5 Å². The van der Waals surface area contributed by atoms with Crippen LogP contribution in [-0.2, 0) is 4.79 Å². The fourth-order valence-corrected chi connectivity index (χ4v) is 3.45. The van der Waals surface area contributed by atoms with Crippen LogP contribution in [0.5, 0.6) is 0 Å². The third kappa shape index (κ3) is 19.9. The van der Waals surface area contributed by atoms with E-state index in [9.17, 15) is 4.79 Å². The van der Waals surface area contributed by atoms with Gasteiger partial charge in [-0.25, -0.2) is 0 Å². The van der Waals surface area contributed by atoms with Crippen molar-refractivity contribution in [2.75, 3.05) is 0 Å². The highest BCUT2D eigenvalue weighted by Gasteiger charge is 1.94. The lowest BCUT2D eigenvalue weighted by molar-refractivity contribution is -0.107. The van der Waals surface area contributed by atoms with E-state index in [1.54, 1.807) is 0 Å². The summed E-state index contributed by atoms with van der Waals surface area (Å²) in [6, 6.07) is 1.50. The Morgan fingerprint density at radius 3 is 1.05 bits per heavy atom. The second-order valence-corrected chi connectivity index (χ2v) is 7.61. The monoisotopic (exact) mass is 312 g/mol. The van der Waals surface area contributed by atoms with E-state index in [1.807, 2.05) is 0 Å². The zero-order chi connectivity index (χ0) is 15.4. The summed E-state index contributed by atoms with van der Waals surface area (Å²) in [5.74, 6) is 0. The summed E-state index contributed by atoms with van der Waals surface area (Å²) in [5, 5.41) is 0. The number of carbonyl (C=O) groups is 1. The molecule has 0 aliphatic carbocycles. The van der Waals surface area contributed by atoms with Crippen molar-refractivity contribution < 1.29 is 4.79 Å². The molecule has 0 atom stereocenters. The van der Waals surface area contributed by atoms with Crippen LogP contribution in [0, 0.1) is 0 Å². The number of rotatable bonds is 18. The van der Waals surface area contributed by atoms with Crippen LogP contribution >= 0.6 is 0 Å². The molecule has 0 aliphatic heterocycles. The molecule has 0 aromatic rings. The minimum absolute atomic E-state index is 0.764. The van der Waals surface area contributed by atoms with Gasteiger partial charge in [-0.3, -0.25) is 0 Å². The highest BCUT2D eigenvalue weighted by atomic mass is 28.1. The van der Waals surface area contributed by atoms with Gasteiger partial charge in [0.15, 0.2) is 0 Å². The molecule has 0 amide bonds. The number of hydrogen-bond donors (Lipinski definition) is 0. The molecule has 0 bridgehead atoms. The van der Waals surface area contributed by atoms with Gasteiger partial charge >= 0.3 is 0 Å². The predicted octanol–water partition coefficient (Wildman–Crippen LogP) is 5.60. The van der Waals surface area contributed by atoms with E-state index < -0.39 is 0 Å². The van der Waals surface area contributed by atoms with Crippen LogP contribution in [0.4, 0.5) is 0 Å². The molecular weight excluding hydrogens is 272 g/mol. The SMILES string of the molecule is O=CCCCCCCCCCCCCCCCCCC[SiH3]. The van der Waals surface area contributed by atoms with Crippen LogP contribution in [0.1, 0.15) is 109 Å². The molecule has 0 heterocycles. The van der Waals surface area contributed by atoms with Crippen LogP contribution in [0.15, 0.2) is 0 Å². The van der Waals surface area contributed by atoms with Gasteiger partial charge in [0.1, 0.15) is 6.29 Å². The first-order chi connectivity index (χ1) is 10.4. The minimum Gasteiger partial charge on any atom is -0.303 e. The molecule has 0 saturated heterocycles. The van der Waals surface area contributed by atoms with Crippen molar-refractivity contribution in [1.29, 1.82) is 0 Å². The largest absolute Gasteiger partial charge is 0.303 e. The molecular formula is C19H40OSi. The van der Waals surface area contributed by atoms with Crippen molar-refractivity contribution in [2.45, 2.75) is 115 Å². The summed E-state index contributed by atoms with van der Waals surface area (Å²) in [4.78, 5) is 10.2. The standard InChI is InChI=1S/C19H40OSi/c20-18-16-14-12-10-8-6-4-2-1-3-5-7-9-11-13-15-17-19-21/h18H,1-17,19H2,21H3. The second-order valence-electron chi connectivity index (χ2n) is 6.61. The Kier molecular flexibility index (Phi) is 19.8. The molecule has 0 aliphatic rings. The number of unbranched alkanes of at least 4 members (excludes halogenated alkanes) is 16. The number of aldehydes is 1. The lowest BCUT2D eigenvalue weighted by Gasteiger charge is -2.03. The molecule has 0 N–H and O–H groups in total. The molecule has 1 nitrogen and oxygen atoms in total. The van der Waals surface area contributed by atoms with Gasteiger partial charge in [0.05, 0.1) is 0 Å². The van der Waals surface area contributed by atoms with Crippen LogP contribution in [0.3, 0.4) is 0 Å². The molecule has 126 valence electrons. The average Bonchev–Trinajstić information content (AvgIpc) is 2.50. The predicted molar refractivity (Wildman–Crippen MR) is 99.3 cm³/mol. The first-order valence-electron chi connectivity index (χ1n) is 9.85. The molecule has 0 radical (unpaired) electrons. The third-order valence-corrected chi connectivity index (χ3v) is 5.13. The Balaban J connectivity index is 2.91. The number of hydrogen-bond acceptors (Lipinski definition) is 1. The second kappa shape index (κ2) is 19.9. The van der Waals surface area contributed by atoms with Gasteiger partial charge in [-0.2, -0.15) is 0 Å². The van der Waals surface area contributed by atoms with Crippen molar-refractivity contribution in [2.24, 2.45) is 0 Å². The summed E-state index contributed by atoms with van der Waals surface area (Å²) >= 11 is 0. The molecule has 0 aromatic carbocycles. The van der Waals surface area contributed by atoms with E-state index in [1.165, 1.54) is 113 Å². The van der Waals surface area contributed by atoms with E-state index in [0.717, 1.165) is 19.1 Å². The third-order valence-electron chi connectivity index (χ3n) is 4.43. The van der Waals surface area contributed by atoms with Gasteiger partial charge in [0.25, 0.3) is 0 Å². The van der Waals surface area contributed by atoms with Gasteiger partial charge in [-0.1, -0.05) is 102 Å². The van der Waals surface area contributed by atoms with Crippen LogP contribution in [-0.4, -0.2) is 16.5 Å². The van der Waals surface area contributed by atoms with E-state index in [0.29, 0.717) is 0 Å². The summed E-state index contributed by atoms with van der Waals surface area (Å²) in [5.41, 5.74) is 0. The summed E-state index contributed by atoms with van der Waals surface area (Å²) in [7, 11) is 1.40. The first-order valence-corrected chi connectivity index (χ1v) is 11.3. The van der Waals surface area contributed by atoms with Crippen LogP contribution in [0.2, 0.25) is 6.04 Å². The highest BCUT2D eigenvalue weighted by Crippen LogP contribution is 2.14. The van der Waals surface area contributed by atoms with Crippen molar-refractivity contribution in [3.63, 3.8) is 0 Å². The van der Waals surface area contributed by atoms with E-state index in [2.05, 4.69) is 0 Å². The fraction of sp³-hybridized carbons (Fsp3) is 0.947. The summed E-state index contributed by atoms with van der Waals surface area (Å²) < 4.78 is 0. The summed E-state index contributed by atoms with van der Waals surface area (Å²) in [6.07, 6.45) is 24.4. The zero-order valence-corrected chi connectivity index (χ0v) is 16.7. The van der Waals surface area contributed by atoms with E-state index >= 15 is 0 Å². The van der Waals surface area contributed by atoms with E-state index in [4.69, 9.17) is 0 Å². The fourth-order valence-electron chi connectivity index (χ4n) is 2.95. The molecule has 0 aromatic heterocycles. The zero-order valence-electron chi connectivity index (χ0n) is 14.7. The number of carbonyl (C=O) groups excluding carboxylic acids is 1. The average molecular weight is 313 g/mol. The lowest BCUT2D eigenvalue weighted by Crippen LogP contribution is -1.84. The smallest absolute Gasteiger partial charge is 0.119 e. The van der Waals surface area contributed by atoms with Crippen LogP contribution in [0.25, 0.3) is 0 Å². The van der Waals surface area contributed by atoms with Crippen LogP contribution < -0.4 is 0 Å². The minimum atomic E-state index is 0.764. The van der Waals surface area contributed by atoms with Gasteiger partial charge in [-0.15, -0.1) is 0 Å². The normalized spacial score (nSPS) is 11.0. The molecule has 0 unspecified atom stereocenters. The molecule has 0 saturated carbocycles. The molecule has 0 rings (SSSR count). The van der Waals surface area contributed by atoms with Gasteiger partial charge < -0.3 is 4.79 Å². The Morgan fingerprint density at radius 2 is 0.762 bits per heavy atom. The Labute approximate surface area is 137 Å². The first kappa shape index (κ1) is 20.9. The van der Waals surface area contributed by atoms with Crippen molar-refractivity contribution in [1.82, 2.24) is 0 Å². The lowest BCUT2D eigenvalue weighted by atomic mass is 10.0. The maximum Gasteiger partial charge on any atom is 0.119 e. The maximum absolute atomic E-state index is 10.2. The highest BCUT2D eigenvalue weighted by molar-refractivity contribution is 6.08. The van der Waals surface area contributed by atoms with Crippen molar-refractivity contribution in [3.05, 3.63) is 0 Å². The topological polar surface area (TPSA) is 17.1 Å². The van der Waals surface area contributed by atoms with E-state index in [-0.39, 0.29) is 0 Å². The Morgan fingerprint density at radius 1 is 0.476 bits per heavy atom. The molecule has 0 spiro atoms. The molecule has 2 heteroatoms. The molecule has 0 fully saturated rings. The van der Waals surface area contributed by atoms with Crippen molar-refractivity contribution in [3.8, 4) is 0 Å². The Bertz CT molecular complexity index is 194. The van der Waals surface area contributed by atoms with Gasteiger partial charge in [0.2, 0.25) is 0 Å². The van der Waals surface area contributed by atoms with Gasteiger partial charge in [0, 0.05) is 16.7 Å². The molecule has 21 heavy (non-hydrogen) atoms. The van der Waals surface area contributed by atoms with Gasteiger partial charge in [-0.05, 0) is 6.42 Å². The quantitative estimate of drug-likeness (QED) is 0.183. The maximum atomic E-state index is 10.2. The Hall–Kier alpha value is -0.113. The summed E-state index contributed by atoms with van der Waals surface area (Å²) in [6.45, 7) is 0.